The Morgan fingerprint density at radius 1 is 0.917 bits per heavy atom. The van der Waals surface area contributed by atoms with E-state index in [2.05, 4.69) is 15.6 Å². The van der Waals surface area contributed by atoms with Gasteiger partial charge in [-0.05, 0) is 24.3 Å². The van der Waals surface area contributed by atoms with Crippen LogP contribution in [0.3, 0.4) is 0 Å². The maximum absolute atomic E-state index is 12.4. The number of benzene rings is 2. The maximum atomic E-state index is 12.4. The number of halogens is 1. The lowest BCUT2D eigenvalue weighted by Gasteiger charge is -2.11. The molecular weight excluding hydrogens is 346 g/mol. The van der Waals surface area contributed by atoms with Gasteiger partial charge in [0.15, 0.2) is 5.13 Å². The molecule has 1 aromatic heterocycles. The minimum absolute atomic E-state index is 0.341. The summed E-state index contributed by atoms with van der Waals surface area (Å²) in [6.45, 7) is 0. The van der Waals surface area contributed by atoms with Gasteiger partial charge in [-0.2, -0.15) is 0 Å². The summed E-state index contributed by atoms with van der Waals surface area (Å²) in [4.78, 5) is 28.8. The number of nitrogens with one attached hydrogen (secondary N) is 2. The second-order valence-electron chi connectivity index (χ2n) is 4.77. The SMILES string of the molecule is O=C(Nc1ccccc1C(=O)Nc1nccs1)c1ccccc1Cl. The van der Waals surface area contributed by atoms with Crippen LogP contribution in [0, 0.1) is 0 Å². The van der Waals surface area contributed by atoms with Gasteiger partial charge in [0.05, 0.1) is 21.8 Å². The highest BCUT2D eigenvalue weighted by Gasteiger charge is 2.16. The molecule has 1 heterocycles. The van der Waals surface area contributed by atoms with Gasteiger partial charge >= 0.3 is 0 Å². The number of aromatic nitrogens is 1. The number of carbonyl (C=O) groups is 2. The normalized spacial score (nSPS) is 10.2. The fourth-order valence-corrected chi connectivity index (χ4v) is 2.82. The zero-order valence-corrected chi connectivity index (χ0v) is 13.9. The number of thiazole rings is 1. The molecule has 24 heavy (non-hydrogen) atoms. The molecule has 0 saturated heterocycles. The second-order valence-corrected chi connectivity index (χ2v) is 6.07. The molecule has 7 heteroatoms. The average molecular weight is 358 g/mol. The van der Waals surface area contributed by atoms with E-state index in [0.29, 0.717) is 27.0 Å². The summed E-state index contributed by atoms with van der Waals surface area (Å²) in [5.74, 6) is -0.727. The number of para-hydroxylation sites is 1. The Morgan fingerprint density at radius 3 is 2.29 bits per heavy atom. The van der Waals surface area contributed by atoms with Crippen molar-refractivity contribution in [2.75, 3.05) is 10.6 Å². The zero-order valence-electron chi connectivity index (χ0n) is 12.3. The number of amides is 2. The Kier molecular flexibility index (Phi) is 4.88. The molecule has 2 aromatic carbocycles. The third-order valence-corrected chi connectivity index (χ3v) is 4.21. The molecule has 0 saturated carbocycles. The molecule has 0 unspecified atom stereocenters. The van der Waals surface area contributed by atoms with Crippen molar-refractivity contribution < 1.29 is 9.59 Å². The molecule has 0 aliphatic heterocycles. The Labute approximate surface area is 147 Å². The molecule has 120 valence electrons. The minimum Gasteiger partial charge on any atom is -0.321 e. The summed E-state index contributed by atoms with van der Waals surface area (Å²) in [6, 6.07) is 13.5. The van der Waals surface area contributed by atoms with Crippen LogP contribution in [0.25, 0.3) is 0 Å². The van der Waals surface area contributed by atoms with Crippen molar-refractivity contribution in [1.29, 1.82) is 0 Å². The first-order valence-electron chi connectivity index (χ1n) is 7.01. The fourth-order valence-electron chi connectivity index (χ4n) is 2.07. The van der Waals surface area contributed by atoms with Crippen LogP contribution in [-0.2, 0) is 0 Å². The Bertz CT molecular complexity index is 881. The third-order valence-electron chi connectivity index (χ3n) is 3.19. The number of anilines is 2. The van der Waals surface area contributed by atoms with E-state index in [9.17, 15) is 9.59 Å². The van der Waals surface area contributed by atoms with Crippen LogP contribution in [0.4, 0.5) is 10.8 Å². The van der Waals surface area contributed by atoms with Gasteiger partial charge in [0.25, 0.3) is 11.8 Å². The first-order valence-corrected chi connectivity index (χ1v) is 8.26. The first-order chi connectivity index (χ1) is 11.6. The van der Waals surface area contributed by atoms with Crippen LogP contribution < -0.4 is 10.6 Å². The molecule has 0 aliphatic rings. The van der Waals surface area contributed by atoms with Crippen LogP contribution in [0.2, 0.25) is 5.02 Å². The molecule has 2 N–H and O–H groups in total. The standard InChI is InChI=1S/C17H12ClN3O2S/c18-13-7-3-1-5-11(13)15(22)20-14-8-4-2-6-12(14)16(23)21-17-19-9-10-24-17/h1-10H,(H,20,22)(H,19,21,23). The molecular formula is C17H12ClN3O2S. The molecule has 3 aromatic rings. The highest BCUT2D eigenvalue weighted by molar-refractivity contribution is 7.13. The molecule has 3 rings (SSSR count). The average Bonchev–Trinajstić information content (AvgIpc) is 3.08. The van der Waals surface area contributed by atoms with Gasteiger partial charge in [-0.25, -0.2) is 4.98 Å². The second kappa shape index (κ2) is 7.25. The molecule has 2 amide bonds. The van der Waals surface area contributed by atoms with Crippen molar-refractivity contribution in [3.63, 3.8) is 0 Å². The van der Waals surface area contributed by atoms with Gasteiger partial charge in [0.2, 0.25) is 0 Å². The van der Waals surface area contributed by atoms with Gasteiger partial charge in [0.1, 0.15) is 0 Å². The van der Waals surface area contributed by atoms with Crippen molar-refractivity contribution in [3.05, 3.63) is 76.3 Å². The van der Waals surface area contributed by atoms with Crippen molar-refractivity contribution in [1.82, 2.24) is 4.98 Å². The lowest BCUT2D eigenvalue weighted by Crippen LogP contribution is -2.18. The third kappa shape index (κ3) is 3.61. The molecule has 0 bridgehead atoms. The van der Waals surface area contributed by atoms with Crippen LogP contribution in [0.15, 0.2) is 60.1 Å². The topological polar surface area (TPSA) is 71.1 Å². The summed E-state index contributed by atoms with van der Waals surface area (Å²) < 4.78 is 0. The number of hydrogen-bond donors (Lipinski definition) is 2. The zero-order chi connectivity index (χ0) is 16.9. The number of carbonyl (C=O) groups excluding carboxylic acids is 2. The van der Waals surface area contributed by atoms with Crippen molar-refractivity contribution in [2.24, 2.45) is 0 Å². The number of hydrogen-bond acceptors (Lipinski definition) is 4. The van der Waals surface area contributed by atoms with E-state index in [4.69, 9.17) is 11.6 Å². The lowest BCUT2D eigenvalue weighted by atomic mass is 10.1. The monoisotopic (exact) mass is 357 g/mol. The fraction of sp³-hybridized carbons (Fsp3) is 0. The van der Waals surface area contributed by atoms with Gasteiger partial charge in [-0.1, -0.05) is 35.9 Å². The van der Waals surface area contributed by atoms with E-state index < -0.39 is 0 Å². The van der Waals surface area contributed by atoms with E-state index in [-0.39, 0.29) is 11.8 Å². The van der Waals surface area contributed by atoms with Crippen LogP contribution in [0.1, 0.15) is 20.7 Å². The summed E-state index contributed by atoms with van der Waals surface area (Å²) in [7, 11) is 0. The molecule has 0 spiro atoms. The lowest BCUT2D eigenvalue weighted by molar-refractivity contribution is 0.102. The predicted octanol–water partition coefficient (Wildman–Crippen LogP) is 4.30. The van der Waals surface area contributed by atoms with E-state index in [1.54, 1.807) is 60.1 Å². The predicted molar refractivity (Wildman–Crippen MR) is 95.9 cm³/mol. The largest absolute Gasteiger partial charge is 0.321 e. The van der Waals surface area contributed by atoms with Crippen molar-refractivity contribution in [3.8, 4) is 0 Å². The first kappa shape index (κ1) is 16.2. The van der Waals surface area contributed by atoms with E-state index in [0.717, 1.165) is 0 Å². The summed E-state index contributed by atoms with van der Waals surface area (Å²) in [5.41, 5.74) is 1.08. The minimum atomic E-state index is -0.380. The molecule has 0 radical (unpaired) electrons. The van der Waals surface area contributed by atoms with Crippen LogP contribution in [-0.4, -0.2) is 16.8 Å². The number of rotatable bonds is 4. The Balaban J connectivity index is 1.83. The molecule has 0 fully saturated rings. The summed E-state index contributed by atoms with van der Waals surface area (Å²) in [6.07, 6.45) is 1.60. The van der Waals surface area contributed by atoms with Gasteiger partial charge in [-0.15, -0.1) is 11.3 Å². The van der Waals surface area contributed by atoms with Gasteiger partial charge in [-0.3, -0.25) is 14.9 Å². The Hall–Kier alpha value is -2.70. The van der Waals surface area contributed by atoms with E-state index >= 15 is 0 Å². The smallest absolute Gasteiger partial charge is 0.259 e. The number of nitrogens with zero attached hydrogens (tertiary/aromatic N) is 1. The van der Waals surface area contributed by atoms with Crippen molar-refractivity contribution >= 4 is 45.6 Å². The quantitative estimate of drug-likeness (QED) is 0.731. The van der Waals surface area contributed by atoms with E-state index in [1.165, 1.54) is 11.3 Å². The van der Waals surface area contributed by atoms with Crippen molar-refractivity contribution in [2.45, 2.75) is 0 Å². The summed E-state index contributed by atoms with van der Waals surface area (Å²) >= 11 is 7.35. The highest BCUT2D eigenvalue weighted by atomic mass is 35.5. The highest BCUT2D eigenvalue weighted by Crippen LogP contribution is 2.21. The Morgan fingerprint density at radius 2 is 1.58 bits per heavy atom. The maximum Gasteiger partial charge on any atom is 0.259 e. The van der Waals surface area contributed by atoms with E-state index in [1.807, 2.05) is 0 Å². The summed E-state index contributed by atoms with van der Waals surface area (Å²) in [5, 5.41) is 8.03. The molecule has 0 atom stereocenters. The van der Waals surface area contributed by atoms with Gasteiger partial charge < -0.3 is 5.32 Å². The van der Waals surface area contributed by atoms with Gasteiger partial charge in [0, 0.05) is 11.6 Å². The molecule has 0 aliphatic carbocycles. The van der Waals surface area contributed by atoms with Crippen LogP contribution in [0.5, 0.6) is 0 Å². The molecule has 5 nitrogen and oxygen atoms in total. The van der Waals surface area contributed by atoms with Crippen LogP contribution >= 0.6 is 22.9 Å².